The number of benzene rings is 1. The van der Waals surface area contributed by atoms with Crippen LogP contribution in [0.25, 0.3) is 0 Å². The summed E-state index contributed by atoms with van der Waals surface area (Å²) in [6, 6.07) is 4.32. The molecule has 0 fully saturated rings. The highest BCUT2D eigenvalue weighted by Gasteiger charge is 2.13. The number of amides is 1. The maximum atomic E-state index is 11.9. The number of hydrogen-bond acceptors (Lipinski definition) is 5. The molecule has 1 heterocycles. The Balaban J connectivity index is 2.32. The minimum Gasteiger partial charge on any atom is -0.321 e. The van der Waals surface area contributed by atoms with Gasteiger partial charge in [0.05, 0.1) is 16.6 Å². The Morgan fingerprint density at radius 3 is 2.74 bits per heavy atom. The van der Waals surface area contributed by atoms with Gasteiger partial charge in [0, 0.05) is 5.69 Å². The van der Waals surface area contributed by atoms with Crippen molar-refractivity contribution >= 4 is 33.0 Å². The smallest absolute Gasteiger partial charge is 0.267 e. The van der Waals surface area contributed by atoms with Crippen LogP contribution < -0.4 is 10.5 Å². The summed E-state index contributed by atoms with van der Waals surface area (Å²) in [6.07, 6.45) is 1.44. The molecule has 0 aliphatic heterocycles. The Bertz CT molecular complexity index is 709. The van der Waals surface area contributed by atoms with Gasteiger partial charge in [0.2, 0.25) is 10.0 Å². The number of thiazole rings is 1. The van der Waals surface area contributed by atoms with Crippen molar-refractivity contribution in [2.24, 2.45) is 5.14 Å². The van der Waals surface area contributed by atoms with E-state index in [-0.39, 0.29) is 10.8 Å². The molecular formula is C11H11N3O3S2. The normalized spacial score (nSPS) is 11.3. The largest absolute Gasteiger partial charge is 0.321 e. The van der Waals surface area contributed by atoms with E-state index in [1.54, 1.807) is 18.5 Å². The zero-order valence-corrected chi connectivity index (χ0v) is 11.6. The second-order valence-electron chi connectivity index (χ2n) is 3.84. The Morgan fingerprint density at radius 2 is 2.16 bits per heavy atom. The fraction of sp³-hybridized carbons (Fsp3) is 0.0909. The monoisotopic (exact) mass is 297 g/mol. The zero-order valence-electron chi connectivity index (χ0n) is 9.95. The zero-order chi connectivity index (χ0) is 14.0. The second kappa shape index (κ2) is 5.08. The van der Waals surface area contributed by atoms with Crippen LogP contribution in [0.2, 0.25) is 0 Å². The molecule has 0 saturated carbocycles. The number of aromatic nitrogens is 1. The fourth-order valence-corrected chi connectivity index (χ4v) is 2.48. The number of nitrogens with one attached hydrogen (secondary N) is 1. The highest BCUT2D eigenvalue weighted by Crippen LogP contribution is 2.20. The first-order valence-corrected chi connectivity index (χ1v) is 7.64. The number of primary sulfonamides is 1. The van der Waals surface area contributed by atoms with Gasteiger partial charge < -0.3 is 5.32 Å². The molecule has 100 valence electrons. The minimum absolute atomic E-state index is 0.0438. The van der Waals surface area contributed by atoms with Gasteiger partial charge in [0.15, 0.2) is 0 Å². The summed E-state index contributed by atoms with van der Waals surface area (Å²) in [7, 11) is -3.79. The van der Waals surface area contributed by atoms with E-state index in [0.717, 1.165) is 5.56 Å². The van der Waals surface area contributed by atoms with E-state index in [9.17, 15) is 13.2 Å². The molecule has 0 bridgehead atoms. The molecule has 6 nitrogen and oxygen atoms in total. The molecule has 3 N–H and O–H groups in total. The molecule has 8 heteroatoms. The van der Waals surface area contributed by atoms with Crippen LogP contribution in [0.1, 0.15) is 15.2 Å². The maximum absolute atomic E-state index is 11.9. The predicted octanol–water partition coefficient (Wildman–Crippen LogP) is 1.35. The van der Waals surface area contributed by atoms with E-state index < -0.39 is 10.0 Å². The molecule has 19 heavy (non-hydrogen) atoms. The van der Waals surface area contributed by atoms with Crippen molar-refractivity contribution < 1.29 is 13.2 Å². The quantitative estimate of drug-likeness (QED) is 0.892. The predicted molar refractivity (Wildman–Crippen MR) is 72.6 cm³/mol. The van der Waals surface area contributed by atoms with Gasteiger partial charge in [-0.05, 0) is 24.6 Å². The summed E-state index contributed by atoms with van der Waals surface area (Å²) in [5, 5.41) is 7.69. The SMILES string of the molecule is Cc1ccc(S(N)(=O)=O)cc1NC(=O)c1cncs1. The molecule has 0 spiro atoms. The molecule has 0 aliphatic carbocycles. The summed E-state index contributed by atoms with van der Waals surface area (Å²) in [5.74, 6) is -0.336. The van der Waals surface area contributed by atoms with Crippen LogP contribution in [0.15, 0.2) is 34.8 Å². The van der Waals surface area contributed by atoms with Crippen molar-refractivity contribution in [1.29, 1.82) is 0 Å². The standard InChI is InChI=1S/C11H11N3O3S2/c1-7-2-3-8(19(12,16)17)4-9(7)14-11(15)10-5-13-6-18-10/h2-6H,1H3,(H,14,15)(H2,12,16,17). The van der Waals surface area contributed by atoms with Crippen molar-refractivity contribution in [1.82, 2.24) is 4.98 Å². The number of nitrogens with zero attached hydrogens (tertiary/aromatic N) is 1. The third-order valence-electron chi connectivity index (χ3n) is 2.44. The van der Waals surface area contributed by atoms with Crippen LogP contribution in [-0.2, 0) is 10.0 Å². The summed E-state index contributed by atoms with van der Waals surface area (Å²) < 4.78 is 22.5. The van der Waals surface area contributed by atoms with Gasteiger partial charge in [-0.15, -0.1) is 11.3 Å². The van der Waals surface area contributed by atoms with Crippen LogP contribution >= 0.6 is 11.3 Å². The van der Waals surface area contributed by atoms with E-state index in [1.165, 1.54) is 29.7 Å². The molecule has 2 aromatic rings. The minimum atomic E-state index is -3.79. The highest BCUT2D eigenvalue weighted by atomic mass is 32.2. The summed E-state index contributed by atoms with van der Waals surface area (Å²) in [6.45, 7) is 1.76. The van der Waals surface area contributed by atoms with Gasteiger partial charge >= 0.3 is 0 Å². The van der Waals surface area contributed by atoms with Gasteiger partial charge in [-0.2, -0.15) is 0 Å². The molecule has 0 unspecified atom stereocenters. The lowest BCUT2D eigenvalue weighted by molar-refractivity contribution is 0.103. The van der Waals surface area contributed by atoms with Crippen LogP contribution in [-0.4, -0.2) is 19.3 Å². The Labute approximate surface area is 114 Å². The first-order chi connectivity index (χ1) is 8.88. The van der Waals surface area contributed by atoms with Gasteiger partial charge in [-0.1, -0.05) is 6.07 Å². The Morgan fingerprint density at radius 1 is 1.42 bits per heavy atom. The lowest BCUT2D eigenvalue weighted by atomic mass is 10.2. The molecule has 0 aliphatic rings. The second-order valence-corrected chi connectivity index (χ2v) is 6.29. The topological polar surface area (TPSA) is 102 Å². The van der Waals surface area contributed by atoms with E-state index in [2.05, 4.69) is 10.3 Å². The number of carbonyl (C=O) groups excluding carboxylic acids is 1. The van der Waals surface area contributed by atoms with Crippen LogP contribution in [0, 0.1) is 6.92 Å². The first-order valence-electron chi connectivity index (χ1n) is 5.21. The van der Waals surface area contributed by atoms with E-state index >= 15 is 0 Å². The number of anilines is 1. The highest BCUT2D eigenvalue weighted by molar-refractivity contribution is 7.89. The van der Waals surface area contributed by atoms with Crippen LogP contribution in [0.3, 0.4) is 0 Å². The lowest BCUT2D eigenvalue weighted by Crippen LogP contribution is -2.15. The number of carbonyl (C=O) groups is 1. The maximum Gasteiger partial charge on any atom is 0.267 e. The molecular weight excluding hydrogens is 286 g/mol. The molecule has 2 rings (SSSR count). The molecule has 1 amide bonds. The molecule has 1 aromatic heterocycles. The van der Waals surface area contributed by atoms with Crippen molar-refractivity contribution in [3.8, 4) is 0 Å². The number of hydrogen-bond donors (Lipinski definition) is 2. The molecule has 0 atom stereocenters. The van der Waals surface area contributed by atoms with Gasteiger partial charge in [-0.3, -0.25) is 9.78 Å². The third kappa shape index (κ3) is 3.16. The number of rotatable bonds is 3. The average molecular weight is 297 g/mol. The van der Waals surface area contributed by atoms with Crippen molar-refractivity contribution in [2.75, 3.05) is 5.32 Å². The molecule has 1 aromatic carbocycles. The Hall–Kier alpha value is -1.77. The first kappa shape index (κ1) is 13.7. The van der Waals surface area contributed by atoms with Crippen LogP contribution in [0.5, 0.6) is 0 Å². The average Bonchev–Trinajstić information content (AvgIpc) is 2.84. The number of aryl methyl sites for hydroxylation is 1. The Kier molecular flexibility index (Phi) is 3.65. The fourth-order valence-electron chi connectivity index (χ4n) is 1.42. The van der Waals surface area contributed by atoms with E-state index in [4.69, 9.17) is 5.14 Å². The van der Waals surface area contributed by atoms with Gasteiger partial charge in [0.1, 0.15) is 4.88 Å². The summed E-state index contributed by atoms with van der Waals surface area (Å²) >= 11 is 1.20. The molecule has 0 radical (unpaired) electrons. The van der Waals surface area contributed by atoms with Crippen molar-refractivity contribution in [3.05, 3.63) is 40.3 Å². The number of sulfonamides is 1. The van der Waals surface area contributed by atoms with Crippen molar-refractivity contribution in [2.45, 2.75) is 11.8 Å². The van der Waals surface area contributed by atoms with Crippen molar-refractivity contribution in [3.63, 3.8) is 0 Å². The summed E-state index contributed by atoms with van der Waals surface area (Å²) in [5.41, 5.74) is 2.69. The van der Waals surface area contributed by atoms with Crippen LogP contribution in [0.4, 0.5) is 5.69 Å². The lowest BCUT2D eigenvalue weighted by Gasteiger charge is -2.08. The van der Waals surface area contributed by atoms with E-state index in [1.807, 2.05) is 0 Å². The summed E-state index contributed by atoms with van der Waals surface area (Å²) in [4.78, 5) is 16.1. The van der Waals surface area contributed by atoms with Gasteiger partial charge in [-0.25, -0.2) is 13.6 Å². The van der Waals surface area contributed by atoms with E-state index in [0.29, 0.717) is 10.6 Å². The number of nitrogens with two attached hydrogens (primary N) is 1. The van der Waals surface area contributed by atoms with Gasteiger partial charge in [0.25, 0.3) is 5.91 Å². The third-order valence-corrected chi connectivity index (χ3v) is 4.12. The molecule has 0 saturated heterocycles.